The number of hydrogen-bond donors (Lipinski definition) is 2. The lowest BCUT2D eigenvalue weighted by Gasteiger charge is -2.22. The predicted octanol–water partition coefficient (Wildman–Crippen LogP) is 1.88. The van der Waals surface area contributed by atoms with Crippen LogP contribution in [0, 0.1) is 5.92 Å². The zero-order chi connectivity index (χ0) is 19.3. The molecular formula is C24H28N3O+. The van der Waals surface area contributed by atoms with Gasteiger partial charge in [-0.15, -0.1) is 0 Å². The Kier molecular flexibility index (Phi) is 5.68. The molecule has 0 aromatic heterocycles. The lowest BCUT2D eigenvalue weighted by Crippen LogP contribution is -2.38. The molecule has 1 aliphatic carbocycles. The van der Waals surface area contributed by atoms with Gasteiger partial charge in [0.1, 0.15) is 0 Å². The zero-order valence-corrected chi connectivity index (χ0v) is 16.2. The van der Waals surface area contributed by atoms with E-state index in [0.717, 1.165) is 54.4 Å². The fraction of sp³-hybridized carbons (Fsp3) is 0.333. The molecule has 1 fully saturated rings. The maximum atomic E-state index is 12.7. The van der Waals surface area contributed by atoms with E-state index in [4.69, 9.17) is 5.41 Å². The number of fused-ring (bicyclic) bond motifs is 1. The number of nitrogens with two attached hydrogens (primary N) is 1. The smallest absolute Gasteiger partial charge is 0.224 e. The van der Waals surface area contributed by atoms with Crippen molar-refractivity contribution in [2.45, 2.75) is 25.3 Å². The highest BCUT2D eigenvalue weighted by Crippen LogP contribution is 2.22. The van der Waals surface area contributed by atoms with Crippen LogP contribution in [0.4, 0.5) is 0 Å². The fourth-order valence-electron chi connectivity index (χ4n) is 4.35. The molecule has 1 amide bonds. The Balaban J connectivity index is 1.35. The summed E-state index contributed by atoms with van der Waals surface area (Å²) in [6.07, 6.45) is 13.0. The Morgan fingerprint density at radius 1 is 1.18 bits per heavy atom. The maximum absolute atomic E-state index is 12.7. The predicted molar refractivity (Wildman–Crippen MR) is 114 cm³/mol. The monoisotopic (exact) mass is 374 g/mol. The number of hydrogen-bond acceptors (Lipinski definition) is 2. The van der Waals surface area contributed by atoms with E-state index in [-0.39, 0.29) is 11.9 Å². The molecule has 0 spiro atoms. The van der Waals surface area contributed by atoms with E-state index < -0.39 is 0 Å². The highest BCUT2D eigenvalue weighted by atomic mass is 16.1. The van der Waals surface area contributed by atoms with Crippen LogP contribution in [0.3, 0.4) is 0 Å². The molecule has 2 unspecified atom stereocenters. The van der Waals surface area contributed by atoms with Gasteiger partial charge in [0, 0.05) is 31.2 Å². The van der Waals surface area contributed by atoms with Crippen LogP contribution in [-0.4, -0.2) is 42.7 Å². The summed E-state index contributed by atoms with van der Waals surface area (Å²) in [4.78, 5) is 15.2. The molecule has 2 aromatic carbocycles. The zero-order valence-electron chi connectivity index (χ0n) is 16.2. The number of nitrogens with one attached hydrogen (secondary N) is 1. The van der Waals surface area contributed by atoms with E-state index in [1.54, 1.807) is 6.21 Å². The first kappa shape index (κ1) is 18.6. The first-order valence-corrected chi connectivity index (χ1v) is 10.1. The quantitative estimate of drug-likeness (QED) is 0.759. The number of carbonyl (C=O) groups is 1. The van der Waals surface area contributed by atoms with Gasteiger partial charge in [-0.05, 0) is 41.2 Å². The summed E-state index contributed by atoms with van der Waals surface area (Å²) in [6.45, 7) is 3.08. The molecule has 0 saturated carbocycles. The third-order valence-electron chi connectivity index (χ3n) is 5.78. The van der Waals surface area contributed by atoms with Gasteiger partial charge in [0.25, 0.3) is 0 Å². The molecular weight excluding hydrogens is 346 g/mol. The minimum absolute atomic E-state index is 0.0991. The van der Waals surface area contributed by atoms with E-state index in [1.807, 2.05) is 24.3 Å². The molecule has 2 atom stereocenters. The minimum atomic E-state index is 0.0991. The molecule has 1 saturated heterocycles. The summed E-state index contributed by atoms with van der Waals surface area (Å²) in [7, 11) is 0. The summed E-state index contributed by atoms with van der Waals surface area (Å²) in [5, 5.41) is 11.2. The molecule has 1 aliphatic heterocycles. The Morgan fingerprint density at radius 3 is 2.82 bits per heavy atom. The second-order valence-electron chi connectivity index (χ2n) is 7.82. The Hall–Kier alpha value is -2.72. The van der Waals surface area contributed by atoms with Crippen molar-refractivity contribution in [2.75, 3.05) is 19.6 Å². The van der Waals surface area contributed by atoms with Gasteiger partial charge in [-0.25, -0.2) is 0 Å². The van der Waals surface area contributed by atoms with Gasteiger partial charge in [0.2, 0.25) is 5.91 Å². The van der Waals surface area contributed by atoms with Crippen molar-refractivity contribution in [1.82, 2.24) is 10.2 Å². The van der Waals surface area contributed by atoms with Crippen LogP contribution in [0.1, 0.15) is 24.0 Å². The second-order valence-corrected chi connectivity index (χ2v) is 7.82. The van der Waals surface area contributed by atoms with Crippen molar-refractivity contribution in [3.63, 3.8) is 0 Å². The summed E-state index contributed by atoms with van der Waals surface area (Å²) in [6, 6.07) is 12.4. The van der Waals surface area contributed by atoms with Crippen molar-refractivity contribution in [3.05, 3.63) is 71.8 Å². The first-order valence-electron chi connectivity index (χ1n) is 10.1. The van der Waals surface area contributed by atoms with E-state index in [1.165, 1.54) is 0 Å². The lowest BCUT2D eigenvalue weighted by molar-refractivity contribution is -0.121. The topological polar surface area (TPSA) is 57.9 Å². The van der Waals surface area contributed by atoms with Crippen LogP contribution < -0.4 is 10.7 Å². The molecule has 2 aliphatic rings. The molecule has 0 bridgehead atoms. The number of nitrogens with zero attached hydrogens (tertiary/aromatic N) is 1. The maximum Gasteiger partial charge on any atom is 0.224 e. The molecule has 1 heterocycles. The number of amides is 1. The number of likely N-dealkylation sites (tertiary alicyclic amines) is 1. The second kappa shape index (κ2) is 8.53. The number of carbonyl (C=O) groups excluding carboxylic acids is 1. The summed E-state index contributed by atoms with van der Waals surface area (Å²) >= 11 is 0. The minimum Gasteiger partial charge on any atom is -0.352 e. The van der Waals surface area contributed by atoms with Crippen molar-refractivity contribution >= 4 is 22.9 Å². The van der Waals surface area contributed by atoms with E-state index in [9.17, 15) is 4.79 Å². The van der Waals surface area contributed by atoms with Gasteiger partial charge in [-0.2, -0.15) is 0 Å². The van der Waals surface area contributed by atoms with Crippen LogP contribution in [0.5, 0.6) is 0 Å². The van der Waals surface area contributed by atoms with Crippen molar-refractivity contribution in [3.8, 4) is 0 Å². The van der Waals surface area contributed by atoms with Gasteiger partial charge in [-0.3, -0.25) is 10.2 Å². The van der Waals surface area contributed by atoms with Crippen molar-refractivity contribution in [1.29, 1.82) is 0 Å². The lowest BCUT2D eigenvalue weighted by atomic mass is 9.98. The standard InChI is InChI=1S/C24H27N3O/c25-15-20-11-10-19(22-8-4-5-9-23(20)22)14-24(28)26-21-12-13-27(17-21)16-18-6-2-1-3-7-18/h1-6,8-11,15,18,21,25H,7,12-14,16-17H2,(H,26,28)/p+1. The van der Waals surface area contributed by atoms with Gasteiger partial charge in [0.15, 0.2) is 6.21 Å². The molecule has 4 nitrogen and oxygen atoms in total. The third kappa shape index (κ3) is 4.23. The van der Waals surface area contributed by atoms with Crippen LogP contribution in [-0.2, 0) is 11.2 Å². The highest BCUT2D eigenvalue weighted by molar-refractivity contribution is 6.00. The van der Waals surface area contributed by atoms with Crippen LogP contribution in [0.2, 0.25) is 0 Å². The fourth-order valence-corrected chi connectivity index (χ4v) is 4.35. The molecule has 2 aromatic rings. The third-order valence-corrected chi connectivity index (χ3v) is 5.78. The molecule has 28 heavy (non-hydrogen) atoms. The summed E-state index contributed by atoms with van der Waals surface area (Å²) in [5.74, 6) is 0.700. The summed E-state index contributed by atoms with van der Waals surface area (Å²) < 4.78 is 0. The molecule has 0 radical (unpaired) electrons. The Labute approximate surface area is 166 Å². The number of rotatable bonds is 6. The number of benzene rings is 2. The average molecular weight is 375 g/mol. The van der Waals surface area contributed by atoms with Gasteiger partial charge in [-0.1, -0.05) is 54.6 Å². The van der Waals surface area contributed by atoms with Gasteiger partial charge < -0.3 is 10.2 Å². The first-order chi connectivity index (χ1) is 13.7. The Morgan fingerprint density at radius 2 is 2.04 bits per heavy atom. The van der Waals surface area contributed by atoms with Gasteiger partial charge in [0.05, 0.1) is 6.42 Å². The van der Waals surface area contributed by atoms with E-state index in [0.29, 0.717) is 12.3 Å². The van der Waals surface area contributed by atoms with Crippen LogP contribution >= 0.6 is 0 Å². The average Bonchev–Trinajstić information content (AvgIpc) is 3.15. The molecule has 144 valence electrons. The largest absolute Gasteiger partial charge is 0.352 e. The van der Waals surface area contributed by atoms with Crippen molar-refractivity contribution in [2.24, 2.45) is 5.92 Å². The normalized spacial score (nSPS) is 21.9. The Bertz CT molecular complexity index is 931. The van der Waals surface area contributed by atoms with Crippen molar-refractivity contribution < 1.29 is 10.2 Å². The molecule has 4 rings (SSSR count). The van der Waals surface area contributed by atoms with Gasteiger partial charge >= 0.3 is 0 Å². The number of allylic oxidation sites excluding steroid dienone is 3. The highest BCUT2D eigenvalue weighted by Gasteiger charge is 2.25. The van der Waals surface area contributed by atoms with Crippen LogP contribution in [0.15, 0.2) is 60.7 Å². The molecule has 3 N–H and O–H groups in total. The summed E-state index contributed by atoms with van der Waals surface area (Å²) in [5.41, 5.74) is 2.05. The van der Waals surface area contributed by atoms with Crippen LogP contribution in [0.25, 0.3) is 10.8 Å². The SMILES string of the molecule is [NH2+]=Cc1ccc(CC(=O)NC2CCN(CC3C=CC=CC3)C2)c2ccccc12. The molecule has 4 heteroatoms. The van der Waals surface area contributed by atoms with E-state index >= 15 is 0 Å². The van der Waals surface area contributed by atoms with E-state index in [2.05, 4.69) is 46.7 Å².